The van der Waals surface area contributed by atoms with E-state index in [9.17, 15) is 9.59 Å². The van der Waals surface area contributed by atoms with Crippen LogP contribution in [0.3, 0.4) is 0 Å². The molecular weight excluding hydrogens is 321 g/mol. The highest BCUT2D eigenvalue weighted by Crippen LogP contribution is 2.32. The van der Waals surface area contributed by atoms with Crippen molar-refractivity contribution in [3.63, 3.8) is 0 Å². The third-order valence-corrected chi connectivity index (χ3v) is 3.41. The van der Waals surface area contributed by atoms with E-state index in [2.05, 4.69) is 5.32 Å². The molecule has 0 saturated heterocycles. The number of methoxy groups -OCH3 is 1. The molecule has 0 aromatic heterocycles. The number of amides is 1. The fourth-order valence-corrected chi connectivity index (χ4v) is 1.76. The van der Waals surface area contributed by atoms with Crippen LogP contribution in [0, 0.1) is 0 Å². The number of hydrogen-bond acceptors (Lipinski definition) is 4. The van der Waals surface area contributed by atoms with Gasteiger partial charge in [0, 0.05) is 7.11 Å². The number of carboxylic acid groups (broad SMARTS) is 1. The van der Waals surface area contributed by atoms with E-state index in [0.717, 1.165) is 0 Å². The Hall–Kier alpha value is -1.50. The predicted molar refractivity (Wildman–Crippen MR) is 78.0 cm³/mol. The summed E-state index contributed by atoms with van der Waals surface area (Å²) in [5.74, 6) is -1.38. The number of rotatable bonds is 7. The normalized spacial score (nSPS) is 13.3. The maximum Gasteiger partial charge on any atom is 0.334 e. The SMILES string of the molecule is COC(CNC(=O)C(C)Oc1cccc(Cl)c1Cl)C(=O)O. The maximum atomic E-state index is 11.8. The summed E-state index contributed by atoms with van der Waals surface area (Å²) in [5, 5.41) is 11.7. The number of hydrogen-bond donors (Lipinski definition) is 2. The molecular formula is C13H15Cl2NO5. The van der Waals surface area contributed by atoms with Crippen LogP contribution in [0.25, 0.3) is 0 Å². The first-order chi connectivity index (χ1) is 9.86. The van der Waals surface area contributed by atoms with Gasteiger partial charge in [-0.25, -0.2) is 4.79 Å². The van der Waals surface area contributed by atoms with E-state index in [4.69, 9.17) is 37.8 Å². The van der Waals surface area contributed by atoms with Crippen molar-refractivity contribution in [3.05, 3.63) is 28.2 Å². The highest BCUT2D eigenvalue weighted by atomic mass is 35.5. The van der Waals surface area contributed by atoms with Crippen LogP contribution in [0.15, 0.2) is 18.2 Å². The molecule has 1 amide bonds. The molecule has 1 rings (SSSR count). The van der Waals surface area contributed by atoms with Crippen LogP contribution < -0.4 is 10.1 Å². The smallest absolute Gasteiger partial charge is 0.334 e. The van der Waals surface area contributed by atoms with Gasteiger partial charge in [-0.15, -0.1) is 0 Å². The van der Waals surface area contributed by atoms with Gasteiger partial charge in [0.1, 0.15) is 10.8 Å². The number of carboxylic acids is 1. The van der Waals surface area contributed by atoms with Gasteiger partial charge in [-0.05, 0) is 19.1 Å². The van der Waals surface area contributed by atoms with Gasteiger partial charge < -0.3 is 19.9 Å². The Morgan fingerprint density at radius 3 is 2.62 bits per heavy atom. The first-order valence-corrected chi connectivity index (χ1v) is 6.76. The Morgan fingerprint density at radius 1 is 1.38 bits per heavy atom. The highest BCUT2D eigenvalue weighted by Gasteiger charge is 2.21. The number of halogens is 2. The molecule has 2 unspecified atom stereocenters. The Kier molecular flexibility index (Phi) is 6.74. The monoisotopic (exact) mass is 335 g/mol. The van der Waals surface area contributed by atoms with E-state index in [1.165, 1.54) is 14.0 Å². The van der Waals surface area contributed by atoms with Crippen molar-refractivity contribution in [2.45, 2.75) is 19.1 Å². The van der Waals surface area contributed by atoms with Crippen LogP contribution in [0.2, 0.25) is 10.0 Å². The van der Waals surface area contributed by atoms with E-state index in [0.29, 0.717) is 5.02 Å². The van der Waals surface area contributed by atoms with Crippen molar-refractivity contribution in [1.82, 2.24) is 5.32 Å². The molecule has 0 saturated carbocycles. The molecule has 0 aliphatic heterocycles. The maximum absolute atomic E-state index is 11.8. The van der Waals surface area contributed by atoms with Gasteiger partial charge in [0.15, 0.2) is 12.2 Å². The summed E-state index contributed by atoms with van der Waals surface area (Å²) >= 11 is 11.8. The summed E-state index contributed by atoms with van der Waals surface area (Å²) in [6.45, 7) is 1.34. The average Bonchev–Trinajstić information content (AvgIpc) is 2.43. The highest BCUT2D eigenvalue weighted by molar-refractivity contribution is 6.42. The molecule has 1 aromatic carbocycles. The molecule has 0 radical (unpaired) electrons. The van der Waals surface area contributed by atoms with Crippen molar-refractivity contribution in [3.8, 4) is 5.75 Å². The number of benzene rings is 1. The minimum atomic E-state index is -1.16. The molecule has 0 aliphatic carbocycles. The number of nitrogens with one attached hydrogen (secondary N) is 1. The lowest BCUT2D eigenvalue weighted by Crippen LogP contribution is -2.43. The number of aliphatic carboxylic acids is 1. The molecule has 21 heavy (non-hydrogen) atoms. The van der Waals surface area contributed by atoms with Crippen LogP contribution in [0.5, 0.6) is 5.75 Å². The standard InChI is InChI=1S/C13H15Cl2NO5/c1-7(12(17)16-6-10(20-2)13(18)19)21-9-5-3-4-8(14)11(9)15/h3-5,7,10H,6H2,1-2H3,(H,16,17)(H,18,19). The van der Waals surface area contributed by atoms with E-state index in [1.807, 2.05) is 0 Å². The van der Waals surface area contributed by atoms with E-state index in [1.54, 1.807) is 18.2 Å². The average molecular weight is 336 g/mol. The molecule has 0 bridgehead atoms. The quantitative estimate of drug-likeness (QED) is 0.795. The van der Waals surface area contributed by atoms with Gasteiger partial charge in [0.05, 0.1) is 11.6 Å². The van der Waals surface area contributed by atoms with Crippen LogP contribution in [-0.4, -0.2) is 42.8 Å². The summed E-state index contributed by atoms with van der Waals surface area (Å²) < 4.78 is 10.1. The van der Waals surface area contributed by atoms with Gasteiger partial charge in [0.25, 0.3) is 5.91 Å². The van der Waals surface area contributed by atoms with Crippen LogP contribution >= 0.6 is 23.2 Å². The minimum Gasteiger partial charge on any atom is -0.479 e. The predicted octanol–water partition coefficient (Wildman–Crippen LogP) is 1.98. The van der Waals surface area contributed by atoms with Crippen molar-refractivity contribution in [2.24, 2.45) is 0 Å². The van der Waals surface area contributed by atoms with Crippen LogP contribution in [-0.2, 0) is 14.3 Å². The van der Waals surface area contributed by atoms with Gasteiger partial charge in [0.2, 0.25) is 0 Å². The molecule has 1 aromatic rings. The summed E-state index contributed by atoms with van der Waals surface area (Å²) in [5.41, 5.74) is 0. The lowest BCUT2D eigenvalue weighted by molar-refractivity contribution is -0.148. The molecule has 8 heteroatoms. The van der Waals surface area contributed by atoms with Crippen molar-refractivity contribution in [2.75, 3.05) is 13.7 Å². The van der Waals surface area contributed by atoms with Crippen LogP contribution in [0.1, 0.15) is 6.92 Å². The van der Waals surface area contributed by atoms with Gasteiger partial charge in [-0.3, -0.25) is 4.79 Å². The van der Waals surface area contributed by atoms with Gasteiger partial charge >= 0.3 is 5.97 Å². The summed E-state index contributed by atoms with van der Waals surface area (Å²) in [6, 6.07) is 4.81. The number of ether oxygens (including phenoxy) is 2. The molecule has 116 valence electrons. The van der Waals surface area contributed by atoms with Crippen LogP contribution in [0.4, 0.5) is 0 Å². The Balaban J connectivity index is 2.59. The lowest BCUT2D eigenvalue weighted by atomic mass is 10.3. The number of carbonyl (C=O) groups is 2. The second kappa shape index (κ2) is 8.07. The van der Waals surface area contributed by atoms with Gasteiger partial charge in [-0.2, -0.15) is 0 Å². The van der Waals surface area contributed by atoms with E-state index in [-0.39, 0.29) is 17.3 Å². The van der Waals surface area contributed by atoms with Crippen molar-refractivity contribution in [1.29, 1.82) is 0 Å². The lowest BCUT2D eigenvalue weighted by Gasteiger charge is -2.17. The minimum absolute atomic E-state index is 0.165. The van der Waals surface area contributed by atoms with Crippen molar-refractivity contribution >= 4 is 35.1 Å². The van der Waals surface area contributed by atoms with E-state index < -0.39 is 24.1 Å². The molecule has 0 aliphatic rings. The molecule has 0 heterocycles. The Labute approximate surface area is 131 Å². The zero-order valence-corrected chi connectivity index (χ0v) is 12.9. The summed E-state index contributed by atoms with van der Waals surface area (Å²) in [7, 11) is 1.25. The first-order valence-electron chi connectivity index (χ1n) is 6.00. The topological polar surface area (TPSA) is 84.9 Å². The second-order valence-corrected chi connectivity index (χ2v) is 4.90. The van der Waals surface area contributed by atoms with E-state index >= 15 is 0 Å². The van der Waals surface area contributed by atoms with Gasteiger partial charge in [-0.1, -0.05) is 29.3 Å². The Morgan fingerprint density at radius 2 is 2.05 bits per heavy atom. The molecule has 6 nitrogen and oxygen atoms in total. The number of carbonyl (C=O) groups excluding carboxylic acids is 1. The molecule has 2 atom stereocenters. The first kappa shape index (κ1) is 17.6. The Bertz CT molecular complexity index is 523. The zero-order chi connectivity index (χ0) is 16.0. The fourth-order valence-electron chi connectivity index (χ4n) is 1.43. The zero-order valence-electron chi connectivity index (χ0n) is 11.4. The fraction of sp³-hybridized carbons (Fsp3) is 0.385. The molecule has 0 fully saturated rings. The third kappa shape index (κ3) is 5.08. The third-order valence-electron chi connectivity index (χ3n) is 2.61. The second-order valence-electron chi connectivity index (χ2n) is 4.12. The molecule has 0 spiro atoms. The molecule has 2 N–H and O–H groups in total. The van der Waals surface area contributed by atoms with Crippen molar-refractivity contribution < 1.29 is 24.2 Å². The summed E-state index contributed by atoms with van der Waals surface area (Å²) in [4.78, 5) is 22.6. The summed E-state index contributed by atoms with van der Waals surface area (Å²) in [6.07, 6.45) is -1.98. The largest absolute Gasteiger partial charge is 0.479 e.